The van der Waals surface area contributed by atoms with Crippen molar-refractivity contribution in [3.63, 3.8) is 0 Å². The van der Waals surface area contributed by atoms with Crippen molar-refractivity contribution in [1.82, 2.24) is 0 Å². The number of anilines is 1. The number of nitrogens with zero attached hydrogens (tertiary/aromatic N) is 1. The number of benzene rings is 1. The summed E-state index contributed by atoms with van der Waals surface area (Å²) in [6.07, 6.45) is 4.06. The third kappa shape index (κ3) is 4.59. The minimum Gasteiger partial charge on any atom is -0.453 e. The van der Waals surface area contributed by atoms with E-state index in [1.165, 1.54) is 12.8 Å². The average Bonchev–Trinajstić information content (AvgIpc) is 3.00. The molecule has 1 amide bonds. The summed E-state index contributed by atoms with van der Waals surface area (Å²) in [6, 6.07) is 8.53. The highest BCUT2D eigenvalue weighted by atomic mass is 16.5. The molecule has 5 nitrogen and oxygen atoms in total. The highest BCUT2D eigenvalue weighted by Gasteiger charge is 2.23. The van der Waals surface area contributed by atoms with Crippen LogP contribution >= 0.6 is 0 Å². The Balaban J connectivity index is 1.80. The topological polar surface area (TPSA) is 79.2 Å². The van der Waals surface area contributed by atoms with Gasteiger partial charge in [0.2, 0.25) is 0 Å². The molecule has 22 heavy (non-hydrogen) atoms. The largest absolute Gasteiger partial charge is 0.453 e. The summed E-state index contributed by atoms with van der Waals surface area (Å²) in [7, 11) is 0. The second-order valence-corrected chi connectivity index (χ2v) is 5.67. The molecule has 1 aromatic rings. The van der Waals surface area contributed by atoms with E-state index in [9.17, 15) is 9.59 Å². The van der Waals surface area contributed by atoms with Crippen LogP contribution in [0.15, 0.2) is 24.3 Å². The molecule has 1 fully saturated rings. The van der Waals surface area contributed by atoms with Gasteiger partial charge < -0.3 is 10.1 Å². The van der Waals surface area contributed by atoms with E-state index in [-0.39, 0.29) is 11.9 Å². The highest BCUT2D eigenvalue weighted by Crippen LogP contribution is 2.27. The molecule has 0 aliphatic heterocycles. The Morgan fingerprint density at radius 2 is 1.95 bits per heavy atom. The third-order valence-corrected chi connectivity index (χ3v) is 3.89. The van der Waals surface area contributed by atoms with Gasteiger partial charge in [0, 0.05) is 12.1 Å². The standard InChI is InChI=1S/C17H20N2O3/c1-12(22-16(20)10-13-4-2-3-5-13)17(21)19-15-8-6-14(11-18)7-9-15/h6-9,12-13H,2-5,10H2,1H3,(H,19,21)/t12-/m0/s1. The summed E-state index contributed by atoms with van der Waals surface area (Å²) >= 11 is 0. The van der Waals surface area contributed by atoms with Crippen molar-refractivity contribution in [2.24, 2.45) is 5.92 Å². The number of esters is 1. The molecule has 1 aromatic carbocycles. The molecule has 0 unspecified atom stereocenters. The van der Waals surface area contributed by atoms with E-state index >= 15 is 0 Å². The number of hydrogen-bond acceptors (Lipinski definition) is 4. The molecule has 1 N–H and O–H groups in total. The van der Waals surface area contributed by atoms with E-state index in [0.717, 1.165) is 12.8 Å². The van der Waals surface area contributed by atoms with Crippen LogP contribution in [-0.4, -0.2) is 18.0 Å². The van der Waals surface area contributed by atoms with Crippen LogP contribution in [0.3, 0.4) is 0 Å². The minimum atomic E-state index is -0.829. The van der Waals surface area contributed by atoms with Crippen LogP contribution in [-0.2, 0) is 14.3 Å². The van der Waals surface area contributed by atoms with Gasteiger partial charge in [-0.25, -0.2) is 0 Å². The Morgan fingerprint density at radius 3 is 2.55 bits per heavy atom. The predicted molar refractivity (Wildman–Crippen MR) is 81.9 cm³/mol. The van der Waals surface area contributed by atoms with Crippen LogP contribution in [0.4, 0.5) is 5.69 Å². The molecule has 5 heteroatoms. The van der Waals surface area contributed by atoms with Crippen molar-refractivity contribution < 1.29 is 14.3 Å². The number of carbonyl (C=O) groups is 2. The monoisotopic (exact) mass is 300 g/mol. The lowest BCUT2D eigenvalue weighted by atomic mass is 10.0. The molecule has 1 saturated carbocycles. The van der Waals surface area contributed by atoms with Gasteiger partial charge in [0.25, 0.3) is 5.91 Å². The van der Waals surface area contributed by atoms with Gasteiger partial charge in [-0.05, 0) is 49.9 Å². The summed E-state index contributed by atoms with van der Waals surface area (Å²) in [5.74, 6) is -0.278. The number of ether oxygens (including phenoxy) is 1. The second-order valence-electron chi connectivity index (χ2n) is 5.67. The van der Waals surface area contributed by atoms with Crippen molar-refractivity contribution in [1.29, 1.82) is 5.26 Å². The smallest absolute Gasteiger partial charge is 0.306 e. The van der Waals surface area contributed by atoms with Crippen molar-refractivity contribution >= 4 is 17.6 Å². The average molecular weight is 300 g/mol. The van der Waals surface area contributed by atoms with Crippen molar-refractivity contribution in [2.45, 2.75) is 45.1 Å². The van der Waals surface area contributed by atoms with Gasteiger partial charge >= 0.3 is 5.97 Å². The normalized spacial score (nSPS) is 15.8. The Hall–Kier alpha value is -2.35. The van der Waals surface area contributed by atoms with Gasteiger partial charge in [-0.1, -0.05) is 12.8 Å². The Bertz CT molecular complexity index is 569. The van der Waals surface area contributed by atoms with Crippen molar-refractivity contribution in [3.05, 3.63) is 29.8 Å². The van der Waals surface area contributed by atoms with Gasteiger partial charge in [0.05, 0.1) is 11.6 Å². The molecule has 1 atom stereocenters. The van der Waals surface area contributed by atoms with E-state index in [2.05, 4.69) is 5.32 Å². The number of nitriles is 1. The Kier molecular flexibility index (Phi) is 5.54. The van der Waals surface area contributed by atoms with Gasteiger partial charge in [-0.3, -0.25) is 9.59 Å². The van der Waals surface area contributed by atoms with Crippen LogP contribution in [0.2, 0.25) is 0 Å². The van der Waals surface area contributed by atoms with Gasteiger partial charge in [0.15, 0.2) is 6.10 Å². The Morgan fingerprint density at radius 1 is 1.32 bits per heavy atom. The highest BCUT2D eigenvalue weighted by molar-refractivity contribution is 5.95. The lowest BCUT2D eigenvalue weighted by Gasteiger charge is -2.15. The number of rotatable bonds is 5. The number of carbonyl (C=O) groups excluding carboxylic acids is 2. The molecule has 0 heterocycles. The van der Waals surface area contributed by atoms with Crippen molar-refractivity contribution in [2.75, 3.05) is 5.32 Å². The maximum absolute atomic E-state index is 12.0. The zero-order chi connectivity index (χ0) is 15.9. The fraction of sp³-hybridized carbons (Fsp3) is 0.471. The molecule has 1 aliphatic carbocycles. The summed E-state index contributed by atoms with van der Waals surface area (Å²) in [4.78, 5) is 23.8. The van der Waals surface area contributed by atoms with Gasteiger partial charge in [-0.15, -0.1) is 0 Å². The lowest BCUT2D eigenvalue weighted by Crippen LogP contribution is -2.30. The first-order valence-corrected chi connectivity index (χ1v) is 7.59. The number of amides is 1. The molecule has 0 aromatic heterocycles. The third-order valence-electron chi connectivity index (χ3n) is 3.89. The molecule has 116 valence electrons. The Labute approximate surface area is 130 Å². The number of hydrogen-bond donors (Lipinski definition) is 1. The summed E-state index contributed by atoms with van der Waals surface area (Å²) in [5.41, 5.74) is 1.09. The molecule has 2 rings (SSSR count). The maximum atomic E-state index is 12.0. The summed E-state index contributed by atoms with van der Waals surface area (Å²) < 4.78 is 5.19. The van der Waals surface area contributed by atoms with Crippen molar-refractivity contribution in [3.8, 4) is 6.07 Å². The SMILES string of the molecule is C[C@H](OC(=O)CC1CCCC1)C(=O)Nc1ccc(C#N)cc1. The van der Waals surface area contributed by atoms with E-state index in [1.54, 1.807) is 31.2 Å². The lowest BCUT2D eigenvalue weighted by molar-refractivity contribution is -0.154. The molecule has 1 aliphatic rings. The zero-order valence-corrected chi connectivity index (χ0v) is 12.7. The van der Waals surface area contributed by atoms with Crippen LogP contribution in [0, 0.1) is 17.2 Å². The minimum absolute atomic E-state index is 0.311. The molecule has 0 bridgehead atoms. The molecule has 0 radical (unpaired) electrons. The fourth-order valence-corrected chi connectivity index (χ4v) is 2.62. The van der Waals surface area contributed by atoms with Crippen LogP contribution in [0.25, 0.3) is 0 Å². The molecule has 0 saturated heterocycles. The van der Waals surface area contributed by atoms with E-state index in [4.69, 9.17) is 10.00 Å². The van der Waals surface area contributed by atoms with Gasteiger partial charge in [-0.2, -0.15) is 5.26 Å². The summed E-state index contributed by atoms with van der Waals surface area (Å²) in [5, 5.41) is 11.4. The van der Waals surface area contributed by atoms with E-state index < -0.39 is 6.10 Å². The fourth-order valence-electron chi connectivity index (χ4n) is 2.62. The van der Waals surface area contributed by atoms with Gasteiger partial charge in [0.1, 0.15) is 0 Å². The van der Waals surface area contributed by atoms with E-state index in [0.29, 0.717) is 23.6 Å². The first-order chi connectivity index (χ1) is 10.6. The zero-order valence-electron chi connectivity index (χ0n) is 12.7. The molecular formula is C17H20N2O3. The summed E-state index contributed by atoms with van der Waals surface area (Å²) in [6.45, 7) is 1.56. The second kappa shape index (κ2) is 7.60. The quantitative estimate of drug-likeness (QED) is 0.848. The molecular weight excluding hydrogens is 280 g/mol. The number of nitrogens with one attached hydrogen (secondary N) is 1. The first kappa shape index (κ1) is 16.0. The van der Waals surface area contributed by atoms with Crippen LogP contribution in [0.1, 0.15) is 44.6 Å². The predicted octanol–water partition coefficient (Wildman–Crippen LogP) is 3.01. The van der Waals surface area contributed by atoms with E-state index in [1.807, 2.05) is 6.07 Å². The maximum Gasteiger partial charge on any atom is 0.306 e. The van der Waals surface area contributed by atoms with Crippen LogP contribution in [0.5, 0.6) is 0 Å². The first-order valence-electron chi connectivity index (χ1n) is 7.59. The molecule has 0 spiro atoms. The van der Waals surface area contributed by atoms with Crippen LogP contribution < -0.4 is 5.32 Å².